The first-order chi connectivity index (χ1) is 9.35. The number of amides is 2. The van der Waals surface area contributed by atoms with Gasteiger partial charge in [-0.05, 0) is 38.5 Å². The Kier molecular flexibility index (Phi) is 6.76. The molecule has 1 aliphatic rings. The van der Waals surface area contributed by atoms with Gasteiger partial charge in [-0.2, -0.15) is 0 Å². The van der Waals surface area contributed by atoms with Gasteiger partial charge in [-0.1, -0.05) is 13.8 Å². The Hall–Kier alpha value is -0.810. The number of aliphatic hydroxyl groups excluding tert-OH is 1. The summed E-state index contributed by atoms with van der Waals surface area (Å²) in [6.45, 7) is 12.4. The minimum absolute atomic E-state index is 0.0305. The normalized spacial score (nSPS) is 24.4. The fraction of sp³-hybridized carbons (Fsp3) is 0.933. The van der Waals surface area contributed by atoms with Crippen LogP contribution >= 0.6 is 0 Å². The van der Waals surface area contributed by atoms with Crippen molar-refractivity contribution in [2.24, 2.45) is 11.8 Å². The van der Waals surface area contributed by atoms with E-state index in [0.717, 1.165) is 24.9 Å². The number of carbonyl (C=O) groups excluding carboxylic acids is 1. The van der Waals surface area contributed by atoms with E-state index < -0.39 is 0 Å². The predicted molar refractivity (Wildman–Crippen MR) is 81.7 cm³/mol. The van der Waals surface area contributed by atoms with Gasteiger partial charge in [0, 0.05) is 38.3 Å². The van der Waals surface area contributed by atoms with Gasteiger partial charge in [-0.25, -0.2) is 4.79 Å². The predicted octanol–water partition coefficient (Wildman–Crippen LogP) is 1.42. The Morgan fingerprint density at radius 2 is 1.85 bits per heavy atom. The Morgan fingerprint density at radius 3 is 2.40 bits per heavy atom. The summed E-state index contributed by atoms with van der Waals surface area (Å²) < 4.78 is 0. The van der Waals surface area contributed by atoms with Crippen molar-refractivity contribution in [3.05, 3.63) is 0 Å². The van der Waals surface area contributed by atoms with Crippen LogP contribution in [-0.4, -0.2) is 54.4 Å². The number of carbonyl (C=O) groups is 1. The van der Waals surface area contributed by atoms with Crippen LogP contribution in [0.4, 0.5) is 4.79 Å². The topological polar surface area (TPSA) is 64.6 Å². The van der Waals surface area contributed by atoms with E-state index in [0.29, 0.717) is 19.5 Å². The number of urea groups is 1. The molecular formula is C15H31N3O2. The van der Waals surface area contributed by atoms with Gasteiger partial charge in [0.25, 0.3) is 0 Å². The lowest BCUT2D eigenvalue weighted by atomic mass is 9.88. The van der Waals surface area contributed by atoms with Crippen molar-refractivity contribution < 1.29 is 9.90 Å². The smallest absolute Gasteiger partial charge is 0.314 e. The van der Waals surface area contributed by atoms with Gasteiger partial charge < -0.3 is 15.7 Å². The first kappa shape index (κ1) is 17.2. The first-order valence-corrected chi connectivity index (χ1v) is 7.72. The van der Waals surface area contributed by atoms with Gasteiger partial charge in [0.2, 0.25) is 0 Å². The molecule has 3 N–H and O–H groups in total. The summed E-state index contributed by atoms with van der Waals surface area (Å²) in [5.74, 6) is 1.44. The number of rotatable bonds is 6. The van der Waals surface area contributed by atoms with Crippen molar-refractivity contribution in [1.29, 1.82) is 0 Å². The quantitative estimate of drug-likeness (QED) is 0.647. The van der Waals surface area contributed by atoms with Crippen LogP contribution in [-0.2, 0) is 0 Å². The van der Waals surface area contributed by atoms with Crippen molar-refractivity contribution in [2.45, 2.75) is 46.1 Å². The largest absolute Gasteiger partial charge is 0.396 e. The van der Waals surface area contributed by atoms with Crippen LogP contribution in [0.15, 0.2) is 0 Å². The lowest BCUT2D eigenvalue weighted by molar-refractivity contribution is 0.0472. The first-order valence-electron chi connectivity index (χ1n) is 7.72. The number of nitrogens with zero attached hydrogens (tertiary/aromatic N) is 1. The van der Waals surface area contributed by atoms with E-state index in [1.807, 2.05) is 0 Å². The van der Waals surface area contributed by atoms with Gasteiger partial charge in [-0.15, -0.1) is 0 Å². The summed E-state index contributed by atoms with van der Waals surface area (Å²) in [5, 5.41) is 14.4. The fourth-order valence-corrected chi connectivity index (χ4v) is 2.91. The van der Waals surface area contributed by atoms with E-state index in [1.54, 1.807) is 0 Å². The second-order valence-electron chi connectivity index (χ2n) is 6.85. The van der Waals surface area contributed by atoms with Crippen LogP contribution in [0.2, 0.25) is 0 Å². The monoisotopic (exact) mass is 285 g/mol. The second kappa shape index (κ2) is 7.84. The molecule has 0 radical (unpaired) electrons. The van der Waals surface area contributed by atoms with Crippen molar-refractivity contribution >= 4 is 6.03 Å². The molecule has 0 aromatic rings. The van der Waals surface area contributed by atoms with Crippen molar-refractivity contribution in [1.82, 2.24) is 15.5 Å². The molecule has 0 saturated carbocycles. The minimum Gasteiger partial charge on any atom is -0.396 e. The maximum absolute atomic E-state index is 11.7. The van der Waals surface area contributed by atoms with Gasteiger partial charge in [0.1, 0.15) is 0 Å². The molecule has 1 rings (SSSR count). The van der Waals surface area contributed by atoms with E-state index in [1.165, 1.54) is 6.42 Å². The van der Waals surface area contributed by atoms with Crippen LogP contribution < -0.4 is 10.6 Å². The van der Waals surface area contributed by atoms with Crippen LogP contribution in [0.25, 0.3) is 0 Å². The van der Waals surface area contributed by atoms with E-state index in [4.69, 9.17) is 5.11 Å². The molecule has 1 heterocycles. The summed E-state index contributed by atoms with van der Waals surface area (Å²) >= 11 is 0. The maximum atomic E-state index is 11.7. The number of nitrogens with one attached hydrogen (secondary N) is 2. The summed E-state index contributed by atoms with van der Waals surface area (Å²) in [4.78, 5) is 14.1. The Morgan fingerprint density at radius 1 is 1.25 bits per heavy atom. The van der Waals surface area contributed by atoms with Crippen molar-refractivity contribution in [3.8, 4) is 0 Å². The molecule has 0 spiro atoms. The number of likely N-dealkylation sites (tertiary alicyclic amines) is 1. The molecular weight excluding hydrogens is 254 g/mol. The molecule has 118 valence electrons. The lowest BCUT2D eigenvalue weighted by Crippen LogP contribution is -2.57. The SMILES string of the molecule is CC1CC(C)CN(C(C)(C)CNC(=O)NCCCO)C1. The highest BCUT2D eigenvalue weighted by atomic mass is 16.3. The third-order valence-corrected chi connectivity index (χ3v) is 4.03. The third-order valence-electron chi connectivity index (χ3n) is 4.03. The van der Waals surface area contributed by atoms with Gasteiger partial charge in [0.05, 0.1) is 0 Å². The van der Waals surface area contributed by atoms with Crippen LogP contribution in [0, 0.1) is 11.8 Å². The second-order valence-corrected chi connectivity index (χ2v) is 6.85. The van der Waals surface area contributed by atoms with E-state index in [2.05, 4.69) is 43.2 Å². The third kappa shape index (κ3) is 5.67. The Labute approximate surface area is 123 Å². The van der Waals surface area contributed by atoms with Crippen LogP contribution in [0.3, 0.4) is 0 Å². The van der Waals surface area contributed by atoms with Crippen LogP contribution in [0.5, 0.6) is 0 Å². The highest BCUT2D eigenvalue weighted by Crippen LogP contribution is 2.26. The maximum Gasteiger partial charge on any atom is 0.314 e. The molecule has 20 heavy (non-hydrogen) atoms. The van der Waals surface area contributed by atoms with E-state index >= 15 is 0 Å². The Balaban J connectivity index is 2.38. The van der Waals surface area contributed by atoms with Crippen molar-refractivity contribution in [3.63, 3.8) is 0 Å². The number of aliphatic hydroxyl groups is 1. The molecule has 2 amide bonds. The zero-order chi connectivity index (χ0) is 15.2. The molecule has 5 nitrogen and oxygen atoms in total. The Bertz CT molecular complexity index is 297. The fourth-order valence-electron chi connectivity index (χ4n) is 2.91. The standard InChI is InChI=1S/C15H31N3O2/c1-12-8-13(2)10-18(9-12)15(3,4)11-17-14(20)16-6-5-7-19/h12-13,19H,5-11H2,1-4H3,(H2,16,17,20). The zero-order valence-corrected chi connectivity index (χ0v) is 13.4. The molecule has 2 atom stereocenters. The van der Waals surface area contributed by atoms with Gasteiger partial charge in [0.15, 0.2) is 0 Å². The van der Waals surface area contributed by atoms with E-state index in [-0.39, 0.29) is 18.2 Å². The number of hydrogen-bond acceptors (Lipinski definition) is 3. The zero-order valence-electron chi connectivity index (χ0n) is 13.4. The molecule has 1 aliphatic heterocycles. The molecule has 0 bridgehead atoms. The highest BCUT2D eigenvalue weighted by molar-refractivity contribution is 5.73. The van der Waals surface area contributed by atoms with E-state index in [9.17, 15) is 4.79 Å². The summed E-state index contributed by atoms with van der Waals surface area (Å²) in [6.07, 6.45) is 1.89. The summed E-state index contributed by atoms with van der Waals surface area (Å²) in [5.41, 5.74) is -0.0305. The molecule has 0 aliphatic carbocycles. The summed E-state index contributed by atoms with van der Waals surface area (Å²) in [6, 6.07) is -0.148. The average molecular weight is 285 g/mol. The van der Waals surface area contributed by atoms with Crippen molar-refractivity contribution in [2.75, 3.05) is 32.8 Å². The summed E-state index contributed by atoms with van der Waals surface area (Å²) in [7, 11) is 0. The molecule has 1 fully saturated rings. The van der Waals surface area contributed by atoms with Gasteiger partial charge >= 0.3 is 6.03 Å². The highest BCUT2D eigenvalue weighted by Gasteiger charge is 2.32. The molecule has 0 aromatic carbocycles. The molecule has 2 unspecified atom stereocenters. The number of piperidine rings is 1. The lowest BCUT2D eigenvalue weighted by Gasteiger charge is -2.45. The van der Waals surface area contributed by atoms with Crippen LogP contribution in [0.1, 0.15) is 40.5 Å². The molecule has 5 heteroatoms. The average Bonchev–Trinajstić information content (AvgIpc) is 2.36. The number of hydrogen-bond donors (Lipinski definition) is 3. The molecule has 0 aromatic heterocycles. The van der Waals surface area contributed by atoms with Gasteiger partial charge in [-0.3, -0.25) is 4.90 Å². The minimum atomic E-state index is -0.148. The molecule has 1 saturated heterocycles.